The third kappa shape index (κ3) is 4.31. The summed E-state index contributed by atoms with van der Waals surface area (Å²) in [6.45, 7) is 7.42. The molecule has 0 aromatic heterocycles. The van der Waals surface area contributed by atoms with E-state index >= 15 is 0 Å². The second-order valence-electron chi connectivity index (χ2n) is 3.99. The lowest BCUT2D eigenvalue weighted by Gasteiger charge is -2.26. The number of nitriles is 1. The van der Waals surface area contributed by atoms with Crippen molar-refractivity contribution in [2.24, 2.45) is 0 Å². The molecule has 0 aliphatic carbocycles. The maximum absolute atomic E-state index is 8.74. The standard InChI is InChI=1S/C13H19NO2Si/c1-4-15-17(3,16-5-2)11-13-8-6-12(10-14)7-9-13/h6-9H,4-5,11H2,1-3H3. The van der Waals surface area contributed by atoms with E-state index in [4.69, 9.17) is 14.1 Å². The van der Waals surface area contributed by atoms with Gasteiger partial charge in [0.1, 0.15) is 0 Å². The molecule has 1 rings (SSSR count). The predicted molar refractivity (Wildman–Crippen MR) is 69.7 cm³/mol. The third-order valence-electron chi connectivity index (χ3n) is 2.51. The highest BCUT2D eigenvalue weighted by Gasteiger charge is 2.30. The van der Waals surface area contributed by atoms with Gasteiger partial charge < -0.3 is 8.85 Å². The summed E-state index contributed by atoms with van der Waals surface area (Å²) >= 11 is 0. The Bertz CT molecular complexity index is 377. The summed E-state index contributed by atoms with van der Waals surface area (Å²) in [7, 11) is -2.10. The van der Waals surface area contributed by atoms with E-state index in [1.165, 1.54) is 5.56 Å². The van der Waals surface area contributed by atoms with Gasteiger partial charge in [-0.15, -0.1) is 0 Å². The smallest absolute Gasteiger partial charge is 0.339 e. The van der Waals surface area contributed by atoms with Crippen LogP contribution in [0.4, 0.5) is 0 Å². The van der Waals surface area contributed by atoms with Crippen LogP contribution in [0.25, 0.3) is 0 Å². The molecule has 0 atom stereocenters. The van der Waals surface area contributed by atoms with Gasteiger partial charge in [-0.25, -0.2) is 0 Å². The summed E-state index contributed by atoms with van der Waals surface area (Å²) in [4.78, 5) is 0. The van der Waals surface area contributed by atoms with Gasteiger partial charge in [0.15, 0.2) is 0 Å². The molecule has 0 amide bonds. The molecule has 3 nitrogen and oxygen atoms in total. The van der Waals surface area contributed by atoms with E-state index in [9.17, 15) is 0 Å². The van der Waals surface area contributed by atoms with Gasteiger partial charge >= 0.3 is 8.56 Å². The van der Waals surface area contributed by atoms with Crippen LogP contribution < -0.4 is 0 Å². The zero-order valence-electron chi connectivity index (χ0n) is 10.7. The molecule has 92 valence electrons. The molecule has 4 heteroatoms. The number of rotatable bonds is 6. The fraction of sp³-hybridized carbons (Fsp3) is 0.462. The minimum Gasteiger partial charge on any atom is -0.394 e. The number of benzene rings is 1. The van der Waals surface area contributed by atoms with E-state index < -0.39 is 8.56 Å². The van der Waals surface area contributed by atoms with Crippen LogP contribution in [0.15, 0.2) is 24.3 Å². The average Bonchev–Trinajstić information content (AvgIpc) is 2.30. The molecule has 0 bridgehead atoms. The van der Waals surface area contributed by atoms with Crippen LogP contribution in [0.3, 0.4) is 0 Å². The predicted octanol–water partition coefficient (Wildman–Crippen LogP) is 2.78. The van der Waals surface area contributed by atoms with Gasteiger partial charge in [0.2, 0.25) is 0 Å². The number of hydrogen-bond donors (Lipinski definition) is 0. The average molecular weight is 249 g/mol. The fourth-order valence-electron chi connectivity index (χ4n) is 1.82. The van der Waals surface area contributed by atoms with Crippen molar-refractivity contribution in [1.82, 2.24) is 0 Å². The van der Waals surface area contributed by atoms with Crippen molar-refractivity contribution in [1.29, 1.82) is 5.26 Å². The van der Waals surface area contributed by atoms with Crippen LogP contribution in [-0.2, 0) is 14.9 Å². The molecule has 0 fully saturated rings. The summed E-state index contributed by atoms with van der Waals surface area (Å²) in [5.41, 5.74) is 1.85. The summed E-state index contributed by atoms with van der Waals surface area (Å²) in [6.07, 6.45) is 0. The van der Waals surface area contributed by atoms with Gasteiger partial charge in [0.25, 0.3) is 0 Å². The third-order valence-corrected chi connectivity index (χ3v) is 5.36. The van der Waals surface area contributed by atoms with Gasteiger partial charge in [0, 0.05) is 19.3 Å². The summed E-state index contributed by atoms with van der Waals surface area (Å²) in [6, 6.07) is 10.6. The Hall–Kier alpha value is -1.15. The molecule has 0 N–H and O–H groups in total. The lowest BCUT2D eigenvalue weighted by Crippen LogP contribution is -2.41. The first-order chi connectivity index (χ1) is 8.13. The maximum Gasteiger partial charge on any atom is 0.339 e. The van der Waals surface area contributed by atoms with Crippen molar-refractivity contribution in [3.63, 3.8) is 0 Å². The van der Waals surface area contributed by atoms with Crippen LogP contribution in [0, 0.1) is 11.3 Å². The van der Waals surface area contributed by atoms with Crippen molar-refractivity contribution >= 4 is 8.56 Å². The minimum absolute atomic E-state index is 0.680. The Balaban J connectivity index is 2.75. The van der Waals surface area contributed by atoms with Crippen molar-refractivity contribution in [3.05, 3.63) is 35.4 Å². The molecule has 0 radical (unpaired) electrons. The molecule has 1 aromatic rings. The molecule has 0 aliphatic heterocycles. The summed E-state index contributed by atoms with van der Waals surface area (Å²) in [5.74, 6) is 0. The minimum atomic E-state index is -2.10. The second-order valence-corrected chi connectivity index (χ2v) is 7.18. The Labute approximate surface area is 104 Å². The molecule has 1 aromatic carbocycles. The Kier molecular flexibility index (Phi) is 5.36. The molecule has 0 saturated heterocycles. The molecule has 0 aliphatic rings. The number of hydrogen-bond acceptors (Lipinski definition) is 3. The first kappa shape index (κ1) is 13.9. The lowest BCUT2D eigenvalue weighted by molar-refractivity contribution is 0.188. The van der Waals surface area contributed by atoms with Gasteiger partial charge in [-0.3, -0.25) is 0 Å². The van der Waals surface area contributed by atoms with Crippen molar-refractivity contribution in [2.75, 3.05) is 13.2 Å². The van der Waals surface area contributed by atoms with Crippen LogP contribution >= 0.6 is 0 Å². The molecule has 0 saturated carbocycles. The quantitative estimate of drug-likeness (QED) is 0.728. The van der Waals surface area contributed by atoms with Gasteiger partial charge in [-0.2, -0.15) is 5.26 Å². The van der Waals surface area contributed by atoms with Crippen molar-refractivity contribution < 1.29 is 8.85 Å². The van der Waals surface area contributed by atoms with E-state index in [-0.39, 0.29) is 0 Å². The Morgan fingerprint density at radius 3 is 2.06 bits per heavy atom. The van der Waals surface area contributed by atoms with Crippen molar-refractivity contribution in [3.8, 4) is 6.07 Å². The number of nitrogens with zero attached hydrogens (tertiary/aromatic N) is 1. The van der Waals surface area contributed by atoms with E-state index in [1.54, 1.807) is 0 Å². The lowest BCUT2D eigenvalue weighted by atomic mass is 10.2. The topological polar surface area (TPSA) is 42.2 Å². The zero-order chi connectivity index (χ0) is 12.7. The SMILES string of the molecule is CCO[Si](C)(Cc1ccc(C#N)cc1)OCC. The molecule has 0 heterocycles. The molecular weight excluding hydrogens is 230 g/mol. The monoisotopic (exact) mass is 249 g/mol. The van der Waals surface area contributed by atoms with Crippen LogP contribution in [0.2, 0.25) is 6.55 Å². The molecular formula is C13H19NO2Si. The Morgan fingerprint density at radius 1 is 1.12 bits per heavy atom. The van der Waals surface area contributed by atoms with Crippen LogP contribution in [0.1, 0.15) is 25.0 Å². The van der Waals surface area contributed by atoms with Gasteiger partial charge in [0.05, 0.1) is 11.6 Å². The van der Waals surface area contributed by atoms with Gasteiger partial charge in [-0.05, 0) is 38.1 Å². The fourth-order valence-corrected chi connectivity index (χ4v) is 4.31. The Morgan fingerprint density at radius 2 is 1.65 bits per heavy atom. The first-order valence-electron chi connectivity index (χ1n) is 5.90. The largest absolute Gasteiger partial charge is 0.394 e. The first-order valence-corrected chi connectivity index (χ1v) is 8.43. The highest BCUT2D eigenvalue weighted by Crippen LogP contribution is 2.15. The van der Waals surface area contributed by atoms with Crippen LogP contribution in [0.5, 0.6) is 0 Å². The van der Waals surface area contributed by atoms with Crippen molar-refractivity contribution in [2.45, 2.75) is 26.4 Å². The highest BCUT2D eigenvalue weighted by atomic mass is 28.4. The van der Waals surface area contributed by atoms with E-state index in [0.717, 1.165) is 6.04 Å². The maximum atomic E-state index is 8.74. The van der Waals surface area contributed by atoms with E-state index in [1.807, 2.05) is 38.1 Å². The second kappa shape index (κ2) is 6.55. The summed E-state index contributed by atoms with van der Waals surface area (Å²) < 4.78 is 11.6. The van der Waals surface area contributed by atoms with E-state index in [0.29, 0.717) is 18.8 Å². The molecule has 0 spiro atoms. The molecule has 0 unspecified atom stereocenters. The normalized spacial score (nSPS) is 11.2. The zero-order valence-corrected chi connectivity index (χ0v) is 11.7. The van der Waals surface area contributed by atoms with Gasteiger partial charge in [-0.1, -0.05) is 12.1 Å². The molecule has 17 heavy (non-hydrogen) atoms. The highest BCUT2D eigenvalue weighted by molar-refractivity contribution is 6.65. The van der Waals surface area contributed by atoms with E-state index in [2.05, 4.69) is 12.6 Å². The summed E-state index contributed by atoms with van der Waals surface area (Å²) in [5, 5.41) is 8.74. The van der Waals surface area contributed by atoms with Crippen LogP contribution in [-0.4, -0.2) is 21.8 Å².